The number of rotatable bonds is 3. The van der Waals surface area contributed by atoms with Gasteiger partial charge in [-0.15, -0.1) is 0 Å². The van der Waals surface area contributed by atoms with Crippen molar-refractivity contribution in [2.75, 3.05) is 26.2 Å². The highest BCUT2D eigenvalue weighted by atomic mass is 16.4. The number of aliphatic carboxylic acids is 2. The minimum absolute atomic E-state index is 0.856. The number of hydrogen-bond donors (Lipinski definition) is 2. The molecule has 2 saturated heterocycles. The molecule has 7 heteroatoms. The standard InChI is InChI=1S/C16H25N3.C2H2O4/c1-2-10-19(11-3-1)16-6-12-18(13-7-16)14-15-4-8-17-9-5-15;3-1(4)2(5)6/h4-5,8-9,16H,1-3,6-7,10-14H2;(H,3,4)(H,5,6). The van der Waals surface area contributed by atoms with Crippen LogP contribution in [0, 0.1) is 0 Å². The fraction of sp³-hybridized carbons (Fsp3) is 0.611. The van der Waals surface area contributed by atoms with Gasteiger partial charge in [0.25, 0.3) is 0 Å². The maximum absolute atomic E-state index is 9.10. The van der Waals surface area contributed by atoms with Crippen LogP contribution >= 0.6 is 0 Å². The van der Waals surface area contributed by atoms with Gasteiger partial charge < -0.3 is 15.1 Å². The summed E-state index contributed by atoms with van der Waals surface area (Å²) in [5, 5.41) is 14.8. The van der Waals surface area contributed by atoms with E-state index < -0.39 is 11.9 Å². The van der Waals surface area contributed by atoms with Crippen molar-refractivity contribution in [3.05, 3.63) is 30.1 Å². The van der Waals surface area contributed by atoms with Gasteiger partial charge in [-0.25, -0.2) is 9.59 Å². The zero-order chi connectivity index (χ0) is 18.1. The summed E-state index contributed by atoms with van der Waals surface area (Å²) in [5.74, 6) is -3.65. The van der Waals surface area contributed by atoms with Crippen LogP contribution in [0.4, 0.5) is 0 Å². The molecule has 0 unspecified atom stereocenters. The van der Waals surface area contributed by atoms with Crippen LogP contribution in [0.25, 0.3) is 0 Å². The number of aromatic nitrogens is 1. The number of carbonyl (C=O) groups is 2. The van der Waals surface area contributed by atoms with Gasteiger partial charge in [0, 0.05) is 25.0 Å². The maximum atomic E-state index is 9.10. The third-order valence-corrected chi connectivity index (χ3v) is 4.80. The molecule has 7 nitrogen and oxygen atoms in total. The van der Waals surface area contributed by atoms with E-state index in [2.05, 4.69) is 26.9 Å². The van der Waals surface area contributed by atoms with Crippen molar-refractivity contribution >= 4 is 11.9 Å². The van der Waals surface area contributed by atoms with Gasteiger partial charge in [0.2, 0.25) is 0 Å². The largest absolute Gasteiger partial charge is 0.473 e. The molecule has 2 N–H and O–H groups in total. The Balaban J connectivity index is 0.000000326. The molecule has 2 aliphatic rings. The van der Waals surface area contributed by atoms with Crippen molar-refractivity contribution in [3.8, 4) is 0 Å². The lowest BCUT2D eigenvalue weighted by molar-refractivity contribution is -0.159. The second-order valence-electron chi connectivity index (χ2n) is 6.57. The second-order valence-corrected chi connectivity index (χ2v) is 6.57. The van der Waals surface area contributed by atoms with E-state index in [9.17, 15) is 0 Å². The molecule has 3 rings (SSSR count). The average Bonchev–Trinajstić information content (AvgIpc) is 2.64. The fourth-order valence-electron chi connectivity index (χ4n) is 3.47. The quantitative estimate of drug-likeness (QED) is 0.802. The lowest BCUT2D eigenvalue weighted by Gasteiger charge is -2.40. The van der Waals surface area contributed by atoms with Crippen LogP contribution in [0.1, 0.15) is 37.7 Å². The molecule has 3 heterocycles. The van der Waals surface area contributed by atoms with Crippen LogP contribution in [-0.4, -0.2) is 69.2 Å². The summed E-state index contributed by atoms with van der Waals surface area (Å²) < 4.78 is 0. The summed E-state index contributed by atoms with van der Waals surface area (Å²) in [7, 11) is 0. The predicted octanol–water partition coefficient (Wildman–Crippen LogP) is 1.69. The molecule has 0 bridgehead atoms. The van der Waals surface area contributed by atoms with Gasteiger partial charge in [0.05, 0.1) is 0 Å². The first-order valence-corrected chi connectivity index (χ1v) is 8.88. The number of nitrogens with zero attached hydrogens (tertiary/aromatic N) is 3. The molecule has 0 atom stereocenters. The minimum atomic E-state index is -1.82. The third-order valence-electron chi connectivity index (χ3n) is 4.80. The summed E-state index contributed by atoms with van der Waals surface area (Å²) in [6.45, 7) is 6.28. The molecule has 0 saturated carbocycles. The summed E-state index contributed by atoms with van der Waals surface area (Å²) in [4.78, 5) is 27.6. The Morgan fingerprint density at radius 1 is 0.960 bits per heavy atom. The second kappa shape index (κ2) is 10.1. The van der Waals surface area contributed by atoms with E-state index in [-0.39, 0.29) is 0 Å². The van der Waals surface area contributed by atoms with Gasteiger partial charge in [-0.05, 0) is 69.6 Å². The Morgan fingerprint density at radius 2 is 1.52 bits per heavy atom. The molecular weight excluding hydrogens is 322 g/mol. The highest BCUT2D eigenvalue weighted by molar-refractivity contribution is 6.27. The highest BCUT2D eigenvalue weighted by Crippen LogP contribution is 2.21. The smallest absolute Gasteiger partial charge is 0.414 e. The molecule has 0 aromatic carbocycles. The summed E-state index contributed by atoms with van der Waals surface area (Å²) in [6.07, 6.45) is 10.8. The van der Waals surface area contributed by atoms with E-state index in [4.69, 9.17) is 19.8 Å². The van der Waals surface area contributed by atoms with E-state index in [1.165, 1.54) is 63.8 Å². The van der Waals surface area contributed by atoms with Gasteiger partial charge in [-0.2, -0.15) is 0 Å². The Morgan fingerprint density at radius 3 is 2.04 bits per heavy atom. The Kier molecular flexibility index (Phi) is 7.81. The van der Waals surface area contributed by atoms with E-state index in [0.29, 0.717) is 0 Å². The SMILES string of the molecule is O=C(O)C(=O)O.c1cc(CN2CCC(N3CCCCC3)CC2)ccn1. The van der Waals surface area contributed by atoms with Crippen molar-refractivity contribution in [2.45, 2.75) is 44.7 Å². The molecule has 2 fully saturated rings. The summed E-state index contributed by atoms with van der Waals surface area (Å²) in [5.41, 5.74) is 1.39. The number of hydrogen-bond acceptors (Lipinski definition) is 5. The Bertz CT molecular complexity index is 527. The van der Waals surface area contributed by atoms with Crippen LogP contribution < -0.4 is 0 Å². The lowest BCUT2D eigenvalue weighted by atomic mass is 9.99. The molecular formula is C18H27N3O4. The molecule has 2 aliphatic heterocycles. The molecule has 1 aromatic heterocycles. The molecule has 25 heavy (non-hydrogen) atoms. The van der Waals surface area contributed by atoms with Crippen molar-refractivity contribution in [2.24, 2.45) is 0 Å². The van der Waals surface area contributed by atoms with E-state index in [0.717, 1.165) is 12.6 Å². The first-order chi connectivity index (χ1) is 12.1. The van der Waals surface area contributed by atoms with Crippen molar-refractivity contribution in [3.63, 3.8) is 0 Å². The highest BCUT2D eigenvalue weighted by Gasteiger charge is 2.25. The number of carboxylic acids is 2. The molecule has 0 radical (unpaired) electrons. The molecule has 1 aromatic rings. The molecule has 0 spiro atoms. The zero-order valence-corrected chi connectivity index (χ0v) is 14.5. The van der Waals surface area contributed by atoms with Crippen LogP contribution in [0.5, 0.6) is 0 Å². The zero-order valence-electron chi connectivity index (χ0n) is 14.5. The topological polar surface area (TPSA) is 94.0 Å². The van der Waals surface area contributed by atoms with Crippen molar-refractivity contribution < 1.29 is 19.8 Å². The van der Waals surface area contributed by atoms with Crippen LogP contribution in [0.3, 0.4) is 0 Å². The first kappa shape index (κ1) is 19.3. The van der Waals surface area contributed by atoms with Gasteiger partial charge in [-0.3, -0.25) is 9.88 Å². The number of carboxylic acid groups (broad SMARTS) is 2. The predicted molar refractivity (Wildman–Crippen MR) is 93.2 cm³/mol. The van der Waals surface area contributed by atoms with Gasteiger partial charge >= 0.3 is 11.9 Å². The number of pyridine rings is 1. The molecule has 138 valence electrons. The Hall–Kier alpha value is -1.99. The number of piperidine rings is 2. The normalized spacial score (nSPS) is 19.7. The number of likely N-dealkylation sites (tertiary alicyclic amines) is 2. The lowest BCUT2D eigenvalue weighted by Crippen LogP contribution is -2.46. The summed E-state index contributed by atoms with van der Waals surface area (Å²) >= 11 is 0. The minimum Gasteiger partial charge on any atom is -0.473 e. The van der Waals surface area contributed by atoms with Gasteiger partial charge in [0.15, 0.2) is 0 Å². The molecule has 0 aliphatic carbocycles. The maximum Gasteiger partial charge on any atom is 0.414 e. The fourth-order valence-corrected chi connectivity index (χ4v) is 3.47. The van der Waals surface area contributed by atoms with E-state index in [1.54, 1.807) is 0 Å². The van der Waals surface area contributed by atoms with E-state index in [1.807, 2.05) is 12.4 Å². The summed E-state index contributed by atoms with van der Waals surface area (Å²) in [6, 6.07) is 5.13. The monoisotopic (exact) mass is 349 g/mol. The van der Waals surface area contributed by atoms with Gasteiger partial charge in [-0.1, -0.05) is 6.42 Å². The van der Waals surface area contributed by atoms with Crippen LogP contribution in [-0.2, 0) is 16.1 Å². The third kappa shape index (κ3) is 6.80. The Labute approximate surface area is 148 Å². The average molecular weight is 349 g/mol. The van der Waals surface area contributed by atoms with Crippen molar-refractivity contribution in [1.29, 1.82) is 0 Å². The van der Waals surface area contributed by atoms with Crippen LogP contribution in [0.2, 0.25) is 0 Å². The first-order valence-electron chi connectivity index (χ1n) is 8.88. The van der Waals surface area contributed by atoms with Crippen molar-refractivity contribution in [1.82, 2.24) is 14.8 Å². The van der Waals surface area contributed by atoms with E-state index >= 15 is 0 Å². The van der Waals surface area contributed by atoms with Gasteiger partial charge in [0.1, 0.15) is 0 Å². The molecule has 0 amide bonds. The van der Waals surface area contributed by atoms with Crippen LogP contribution in [0.15, 0.2) is 24.5 Å².